The Bertz CT molecular complexity index is 1190. The van der Waals surface area contributed by atoms with Crippen molar-refractivity contribution in [3.8, 4) is 0 Å². The molecule has 0 saturated carbocycles. The molecule has 178 valence electrons. The molecule has 1 aliphatic heterocycles. The lowest BCUT2D eigenvalue weighted by Crippen LogP contribution is -2.34. The number of para-hydroxylation sites is 1. The molecule has 1 aliphatic rings. The van der Waals surface area contributed by atoms with Gasteiger partial charge in [0.2, 0.25) is 6.29 Å². The summed E-state index contributed by atoms with van der Waals surface area (Å²) >= 11 is 0. The van der Waals surface area contributed by atoms with Crippen LogP contribution in [0.5, 0.6) is 0 Å². The van der Waals surface area contributed by atoms with Gasteiger partial charge in [-0.15, -0.1) is 0 Å². The highest BCUT2D eigenvalue weighted by molar-refractivity contribution is 5.91. The third kappa shape index (κ3) is 5.92. The second kappa shape index (κ2) is 11.6. The molecule has 0 saturated heterocycles. The first kappa shape index (κ1) is 23.7. The summed E-state index contributed by atoms with van der Waals surface area (Å²) in [5, 5.41) is 12.4. The zero-order valence-corrected chi connectivity index (χ0v) is 18.9. The van der Waals surface area contributed by atoms with Crippen LogP contribution in [0.4, 0.5) is 0 Å². The van der Waals surface area contributed by atoms with Crippen LogP contribution in [0.25, 0.3) is 11.0 Å². The number of amides is 1. The van der Waals surface area contributed by atoms with Gasteiger partial charge in [0.1, 0.15) is 5.58 Å². The van der Waals surface area contributed by atoms with E-state index in [-0.39, 0.29) is 23.7 Å². The largest absolute Gasteiger partial charge is 0.464 e. The minimum atomic E-state index is -0.686. The van der Waals surface area contributed by atoms with Crippen LogP contribution in [-0.4, -0.2) is 37.1 Å². The number of allylic oxidation sites excluding steroid dienone is 1. The number of ether oxygens (including phenoxy) is 2. The molecule has 0 spiro atoms. The standard InChI is InChI=1S/C27H29NO6/c29-14-6-7-15-32-25-17-20(22-18-33-23-11-5-4-10-21(23)26(22)30)16-24(34-25)27(31)28-13-12-19-8-2-1-3-9-19/h1-5,8-11,16,18,20,25,29H,6-7,12-15,17H2,(H,28,31)/t20-,25+/m1/s1. The van der Waals surface area contributed by atoms with Crippen molar-refractivity contribution >= 4 is 16.9 Å². The van der Waals surface area contributed by atoms with Crippen LogP contribution < -0.4 is 10.7 Å². The number of unbranched alkanes of at least 4 members (excludes halogenated alkanes) is 1. The molecule has 0 bridgehead atoms. The number of aliphatic hydroxyl groups excluding tert-OH is 1. The predicted octanol–water partition coefficient (Wildman–Crippen LogP) is 3.65. The Hall–Kier alpha value is -3.42. The van der Waals surface area contributed by atoms with E-state index in [9.17, 15) is 9.59 Å². The van der Waals surface area contributed by atoms with Crippen molar-refractivity contribution in [2.45, 2.75) is 37.9 Å². The van der Waals surface area contributed by atoms with Gasteiger partial charge in [0.15, 0.2) is 11.2 Å². The van der Waals surface area contributed by atoms with Crippen LogP contribution in [-0.2, 0) is 20.7 Å². The topological polar surface area (TPSA) is 98.0 Å². The number of hydrogen-bond acceptors (Lipinski definition) is 6. The first-order chi connectivity index (χ1) is 16.7. The summed E-state index contributed by atoms with van der Waals surface area (Å²) < 4.78 is 17.4. The molecule has 2 atom stereocenters. The third-order valence-electron chi connectivity index (χ3n) is 5.79. The first-order valence-corrected chi connectivity index (χ1v) is 11.6. The van der Waals surface area contributed by atoms with Crippen LogP contribution in [0.2, 0.25) is 0 Å². The van der Waals surface area contributed by atoms with Crippen molar-refractivity contribution < 1.29 is 23.8 Å². The number of carbonyl (C=O) groups is 1. The van der Waals surface area contributed by atoms with Gasteiger partial charge in [0, 0.05) is 31.1 Å². The molecule has 2 heterocycles. The van der Waals surface area contributed by atoms with Gasteiger partial charge in [-0.1, -0.05) is 42.5 Å². The number of carbonyl (C=O) groups excluding carboxylic acids is 1. The van der Waals surface area contributed by atoms with E-state index in [4.69, 9.17) is 19.0 Å². The molecule has 1 amide bonds. The Balaban J connectivity index is 1.52. The Labute approximate surface area is 198 Å². The molecule has 2 aromatic carbocycles. The second-order valence-electron chi connectivity index (χ2n) is 8.23. The minimum Gasteiger partial charge on any atom is -0.464 e. The fourth-order valence-corrected chi connectivity index (χ4v) is 3.96. The Kier molecular flexibility index (Phi) is 8.12. The van der Waals surface area contributed by atoms with Crippen LogP contribution in [0.15, 0.2) is 81.9 Å². The molecule has 3 aromatic rings. The van der Waals surface area contributed by atoms with Crippen LogP contribution in [0, 0.1) is 0 Å². The number of aliphatic hydroxyl groups is 1. The zero-order valence-electron chi connectivity index (χ0n) is 18.9. The average Bonchev–Trinajstić information content (AvgIpc) is 2.87. The molecule has 34 heavy (non-hydrogen) atoms. The summed E-state index contributed by atoms with van der Waals surface area (Å²) in [6, 6.07) is 17.0. The normalized spacial score (nSPS) is 17.7. The Morgan fingerprint density at radius 3 is 2.71 bits per heavy atom. The number of benzene rings is 2. The van der Waals surface area contributed by atoms with Gasteiger partial charge in [0.05, 0.1) is 18.3 Å². The van der Waals surface area contributed by atoms with E-state index in [0.29, 0.717) is 55.4 Å². The highest BCUT2D eigenvalue weighted by Gasteiger charge is 2.30. The number of hydrogen-bond donors (Lipinski definition) is 2. The van der Waals surface area contributed by atoms with Crippen LogP contribution in [0.3, 0.4) is 0 Å². The van der Waals surface area contributed by atoms with Crippen molar-refractivity contribution in [1.82, 2.24) is 5.32 Å². The summed E-state index contributed by atoms with van der Waals surface area (Å²) in [7, 11) is 0. The molecule has 0 aliphatic carbocycles. The lowest BCUT2D eigenvalue weighted by molar-refractivity contribution is -0.146. The van der Waals surface area contributed by atoms with Crippen molar-refractivity contribution in [1.29, 1.82) is 0 Å². The van der Waals surface area contributed by atoms with Gasteiger partial charge in [-0.05, 0) is 43.0 Å². The van der Waals surface area contributed by atoms with Gasteiger partial charge in [-0.2, -0.15) is 0 Å². The van der Waals surface area contributed by atoms with E-state index >= 15 is 0 Å². The maximum Gasteiger partial charge on any atom is 0.286 e. The van der Waals surface area contributed by atoms with E-state index in [1.165, 1.54) is 6.26 Å². The van der Waals surface area contributed by atoms with E-state index in [0.717, 1.165) is 5.56 Å². The molecule has 0 fully saturated rings. The number of fused-ring (bicyclic) bond motifs is 1. The molecule has 4 rings (SSSR count). The van der Waals surface area contributed by atoms with Gasteiger partial charge in [0.25, 0.3) is 5.91 Å². The summed E-state index contributed by atoms with van der Waals surface area (Å²) in [6.07, 6.45) is 4.81. The highest BCUT2D eigenvalue weighted by Crippen LogP contribution is 2.31. The molecule has 7 nitrogen and oxygen atoms in total. The summed E-state index contributed by atoms with van der Waals surface area (Å²) in [5.41, 5.74) is 1.97. The molecular weight excluding hydrogens is 434 g/mol. The van der Waals surface area contributed by atoms with Gasteiger partial charge >= 0.3 is 0 Å². The Morgan fingerprint density at radius 1 is 1.09 bits per heavy atom. The van der Waals surface area contributed by atoms with Crippen molar-refractivity contribution in [2.24, 2.45) is 0 Å². The maximum atomic E-state index is 13.1. The lowest BCUT2D eigenvalue weighted by atomic mass is 9.93. The fraction of sp³-hybridized carbons (Fsp3) is 0.333. The molecule has 7 heteroatoms. The van der Waals surface area contributed by atoms with E-state index in [1.54, 1.807) is 24.3 Å². The molecule has 1 aromatic heterocycles. The summed E-state index contributed by atoms with van der Waals surface area (Å²) in [5.74, 6) is -0.619. The smallest absolute Gasteiger partial charge is 0.286 e. The van der Waals surface area contributed by atoms with Gasteiger partial charge in [-0.25, -0.2) is 0 Å². The van der Waals surface area contributed by atoms with Crippen LogP contribution >= 0.6 is 0 Å². The lowest BCUT2D eigenvalue weighted by Gasteiger charge is -2.29. The second-order valence-corrected chi connectivity index (χ2v) is 8.23. The number of rotatable bonds is 10. The quantitative estimate of drug-likeness (QED) is 0.446. The SMILES string of the molecule is O=C(NCCc1ccccc1)C1=C[C@@H](c2coc3ccccc3c2=O)C[C@@H](OCCCCO)O1. The van der Waals surface area contributed by atoms with Crippen molar-refractivity contribution in [2.75, 3.05) is 19.8 Å². The minimum absolute atomic E-state index is 0.0879. The maximum absolute atomic E-state index is 13.1. The molecule has 0 radical (unpaired) electrons. The molecular formula is C27H29NO6. The van der Waals surface area contributed by atoms with Crippen LogP contribution in [0.1, 0.15) is 36.3 Å². The summed E-state index contributed by atoms with van der Waals surface area (Å²) in [6.45, 7) is 0.923. The average molecular weight is 464 g/mol. The monoisotopic (exact) mass is 463 g/mol. The highest BCUT2D eigenvalue weighted by atomic mass is 16.7. The first-order valence-electron chi connectivity index (χ1n) is 11.6. The number of nitrogens with one attached hydrogen (secondary N) is 1. The fourth-order valence-electron chi connectivity index (χ4n) is 3.96. The molecule has 0 unspecified atom stereocenters. The van der Waals surface area contributed by atoms with Crippen molar-refractivity contribution in [3.05, 3.63) is 94.0 Å². The Morgan fingerprint density at radius 2 is 1.88 bits per heavy atom. The van der Waals surface area contributed by atoms with E-state index < -0.39 is 12.2 Å². The summed E-state index contributed by atoms with van der Waals surface area (Å²) in [4.78, 5) is 26.0. The van der Waals surface area contributed by atoms with E-state index in [2.05, 4.69) is 5.32 Å². The van der Waals surface area contributed by atoms with Gasteiger partial charge in [-0.3, -0.25) is 9.59 Å². The van der Waals surface area contributed by atoms with E-state index in [1.807, 2.05) is 36.4 Å². The molecule has 2 N–H and O–H groups in total. The third-order valence-corrected chi connectivity index (χ3v) is 5.79. The van der Waals surface area contributed by atoms with Crippen molar-refractivity contribution in [3.63, 3.8) is 0 Å². The predicted molar refractivity (Wildman–Crippen MR) is 128 cm³/mol. The zero-order chi connectivity index (χ0) is 23.8. The van der Waals surface area contributed by atoms with Gasteiger partial charge < -0.3 is 24.3 Å².